The van der Waals surface area contributed by atoms with Crippen molar-refractivity contribution in [3.8, 4) is 0 Å². The molecule has 0 bridgehead atoms. The maximum Gasteiger partial charge on any atom is 0.348 e. The number of nitrogens with one attached hydrogen (secondary N) is 2. The summed E-state index contributed by atoms with van der Waals surface area (Å²) in [5, 5.41) is 6.32. The second kappa shape index (κ2) is 5.83. The smallest absolute Gasteiger partial charge is 0.313 e. The first-order valence-electron chi connectivity index (χ1n) is 5.06. The maximum atomic E-state index is 12.2. The van der Waals surface area contributed by atoms with Crippen LogP contribution in [0.3, 0.4) is 0 Å². The lowest BCUT2D eigenvalue weighted by Crippen LogP contribution is -2.48. The third-order valence-corrected chi connectivity index (χ3v) is 4.38. The predicted octanol–water partition coefficient (Wildman–Crippen LogP) is 0.771. The minimum absolute atomic E-state index is 0.212. The fourth-order valence-corrected chi connectivity index (χ4v) is 3.30. The molecule has 5 nitrogen and oxygen atoms in total. The molecule has 1 atom stereocenters. The van der Waals surface area contributed by atoms with Gasteiger partial charge in [0.1, 0.15) is 5.78 Å². The number of rotatable bonds is 5. The van der Waals surface area contributed by atoms with E-state index in [4.69, 9.17) is 9.05 Å². The highest BCUT2D eigenvalue weighted by atomic mass is 31.2. The highest BCUT2D eigenvalue weighted by Gasteiger charge is 2.35. The van der Waals surface area contributed by atoms with E-state index in [0.29, 0.717) is 19.8 Å². The highest BCUT2D eigenvalue weighted by Crippen LogP contribution is 2.51. The third-order valence-electron chi connectivity index (χ3n) is 2.02. The van der Waals surface area contributed by atoms with Gasteiger partial charge in [0.05, 0.1) is 13.2 Å². The highest BCUT2D eigenvalue weighted by molar-refractivity contribution is 7.54. The van der Waals surface area contributed by atoms with Gasteiger partial charge in [-0.15, -0.1) is 0 Å². The predicted molar refractivity (Wildman–Crippen MR) is 55.5 cm³/mol. The van der Waals surface area contributed by atoms with E-state index in [9.17, 15) is 4.57 Å². The van der Waals surface area contributed by atoms with Crippen LogP contribution in [0.4, 0.5) is 0 Å². The molecule has 0 saturated carbocycles. The van der Waals surface area contributed by atoms with Crippen molar-refractivity contribution in [1.29, 1.82) is 0 Å². The van der Waals surface area contributed by atoms with Crippen molar-refractivity contribution in [3.63, 3.8) is 0 Å². The summed E-state index contributed by atoms with van der Waals surface area (Å²) in [5.41, 5.74) is 0. The topological polar surface area (TPSA) is 59.6 Å². The Labute approximate surface area is 85.1 Å². The Morgan fingerprint density at radius 3 is 2.36 bits per heavy atom. The van der Waals surface area contributed by atoms with Gasteiger partial charge >= 0.3 is 7.60 Å². The molecule has 0 aromatic heterocycles. The van der Waals surface area contributed by atoms with Crippen molar-refractivity contribution in [2.45, 2.75) is 19.6 Å². The van der Waals surface area contributed by atoms with Crippen molar-refractivity contribution in [2.75, 3.05) is 32.8 Å². The standard InChI is InChI=1S/C8H19N2O3P/c1-3-12-14(11,13-4-2)8-7-9-5-6-10-8/h8-10H,3-7H2,1-2H3. The summed E-state index contributed by atoms with van der Waals surface area (Å²) >= 11 is 0. The van der Waals surface area contributed by atoms with Crippen LogP contribution in [0.1, 0.15) is 13.8 Å². The van der Waals surface area contributed by atoms with Crippen LogP contribution in [0, 0.1) is 0 Å². The van der Waals surface area contributed by atoms with Gasteiger partial charge in [-0.3, -0.25) is 4.57 Å². The van der Waals surface area contributed by atoms with E-state index >= 15 is 0 Å². The third kappa shape index (κ3) is 3.04. The van der Waals surface area contributed by atoms with Crippen molar-refractivity contribution < 1.29 is 13.6 Å². The van der Waals surface area contributed by atoms with Crippen LogP contribution >= 0.6 is 7.60 Å². The van der Waals surface area contributed by atoms with Gasteiger partial charge in [-0.25, -0.2) is 0 Å². The monoisotopic (exact) mass is 222 g/mol. The molecule has 1 aliphatic rings. The molecule has 0 radical (unpaired) electrons. The summed E-state index contributed by atoms with van der Waals surface area (Å²) < 4.78 is 22.7. The molecule has 1 aliphatic heterocycles. The van der Waals surface area contributed by atoms with Crippen molar-refractivity contribution in [2.24, 2.45) is 0 Å². The fraction of sp³-hybridized carbons (Fsp3) is 1.00. The van der Waals surface area contributed by atoms with Crippen LogP contribution in [0.15, 0.2) is 0 Å². The normalized spacial score (nSPS) is 23.7. The van der Waals surface area contributed by atoms with Crippen LogP contribution < -0.4 is 10.6 Å². The maximum absolute atomic E-state index is 12.2. The van der Waals surface area contributed by atoms with Gasteiger partial charge in [0, 0.05) is 19.6 Å². The van der Waals surface area contributed by atoms with Gasteiger partial charge < -0.3 is 19.7 Å². The Balaban J connectivity index is 2.59. The lowest BCUT2D eigenvalue weighted by Gasteiger charge is -2.30. The van der Waals surface area contributed by atoms with Gasteiger partial charge in [0.25, 0.3) is 0 Å². The average molecular weight is 222 g/mol. The van der Waals surface area contributed by atoms with E-state index in [0.717, 1.165) is 13.1 Å². The zero-order chi connectivity index (χ0) is 10.4. The zero-order valence-corrected chi connectivity index (χ0v) is 9.68. The molecule has 1 heterocycles. The number of hydrogen-bond acceptors (Lipinski definition) is 5. The summed E-state index contributed by atoms with van der Waals surface area (Å²) in [6.07, 6.45) is 0. The van der Waals surface area contributed by atoms with Crippen molar-refractivity contribution >= 4 is 7.60 Å². The Morgan fingerprint density at radius 1 is 1.29 bits per heavy atom. The first kappa shape index (κ1) is 12.1. The van der Waals surface area contributed by atoms with E-state index in [-0.39, 0.29) is 5.78 Å². The number of hydrogen-bond donors (Lipinski definition) is 2. The van der Waals surface area contributed by atoms with Crippen LogP contribution in [0.2, 0.25) is 0 Å². The lowest BCUT2D eigenvalue weighted by molar-refractivity contribution is 0.204. The molecule has 84 valence electrons. The zero-order valence-electron chi connectivity index (χ0n) is 8.78. The lowest BCUT2D eigenvalue weighted by atomic mass is 10.4. The molecule has 1 unspecified atom stereocenters. The second-order valence-corrected chi connectivity index (χ2v) is 5.27. The average Bonchev–Trinajstić information content (AvgIpc) is 2.20. The minimum Gasteiger partial charge on any atom is -0.313 e. The van der Waals surface area contributed by atoms with Gasteiger partial charge in [0.15, 0.2) is 0 Å². The van der Waals surface area contributed by atoms with Gasteiger partial charge in [-0.2, -0.15) is 0 Å². The molecule has 2 N–H and O–H groups in total. The van der Waals surface area contributed by atoms with E-state index in [1.54, 1.807) is 0 Å². The Kier molecular flexibility index (Phi) is 5.06. The van der Waals surface area contributed by atoms with Crippen molar-refractivity contribution in [3.05, 3.63) is 0 Å². The summed E-state index contributed by atoms with van der Waals surface area (Å²) in [6.45, 7) is 6.80. The molecule has 1 fully saturated rings. The Morgan fingerprint density at radius 2 is 1.93 bits per heavy atom. The van der Waals surface area contributed by atoms with Gasteiger partial charge in [-0.1, -0.05) is 0 Å². The van der Waals surface area contributed by atoms with Gasteiger partial charge in [-0.05, 0) is 13.8 Å². The Bertz CT molecular complexity index is 197. The van der Waals surface area contributed by atoms with E-state index in [1.165, 1.54) is 0 Å². The first-order chi connectivity index (χ1) is 6.73. The molecule has 14 heavy (non-hydrogen) atoms. The van der Waals surface area contributed by atoms with E-state index in [1.807, 2.05) is 13.8 Å². The summed E-state index contributed by atoms with van der Waals surface area (Å²) in [6, 6.07) is 0. The molecule has 0 aliphatic carbocycles. The second-order valence-electron chi connectivity index (χ2n) is 3.05. The summed E-state index contributed by atoms with van der Waals surface area (Å²) in [7, 11) is -2.97. The first-order valence-corrected chi connectivity index (χ1v) is 6.67. The van der Waals surface area contributed by atoms with Crippen LogP contribution in [-0.4, -0.2) is 38.6 Å². The fourth-order valence-electron chi connectivity index (χ4n) is 1.44. The molecule has 0 aromatic rings. The van der Waals surface area contributed by atoms with Crippen molar-refractivity contribution in [1.82, 2.24) is 10.6 Å². The molecule has 0 amide bonds. The van der Waals surface area contributed by atoms with Crippen LogP contribution in [0.25, 0.3) is 0 Å². The number of piperazine rings is 1. The minimum atomic E-state index is -2.97. The molecule has 6 heteroatoms. The molecule has 0 spiro atoms. The summed E-state index contributed by atoms with van der Waals surface area (Å²) in [5.74, 6) is -0.212. The molecule has 1 rings (SSSR count). The summed E-state index contributed by atoms with van der Waals surface area (Å²) in [4.78, 5) is 0. The van der Waals surface area contributed by atoms with E-state index in [2.05, 4.69) is 10.6 Å². The van der Waals surface area contributed by atoms with Crippen LogP contribution in [0.5, 0.6) is 0 Å². The van der Waals surface area contributed by atoms with E-state index < -0.39 is 7.60 Å². The molecule has 0 aromatic carbocycles. The van der Waals surface area contributed by atoms with Crippen LogP contribution in [-0.2, 0) is 13.6 Å². The molecular formula is C8H19N2O3P. The molecule has 1 saturated heterocycles. The SMILES string of the molecule is CCOP(=O)(OCC)C1CNCCN1. The quantitative estimate of drug-likeness (QED) is 0.673. The largest absolute Gasteiger partial charge is 0.348 e. The Hall–Kier alpha value is 0.0700. The molecular weight excluding hydrogens is 203 g/mol. The van der Waals surface area contributed by atoms with Gasteiger partial charge in [0.2, 0.25) is 0 Å².